The fraction of sp³-hybridized carbons (Fsp3) is 0.333. The van der Waals surface area contributed by atoms with Crippen LogP contribution in [0.4, 0.5) is 5.69 Å². The minimum atomic E-state index is 0.224. The van der Waals surface area contributed by atoms with Gasteiger partial charge in [-0.25, -0.2) is 0 Å². The second kappa shape index (κ2) is 6.53. The number of hydrogen-bond acceptors (Lipinski definition) is 3. The van der Waals surface area contributed by atoms with E-state index in [1.54, 1.807) is 14.2 Å². The van der Waals surface area contributed by atoms with Gasteiger partial charge in [-0.1, -0.05) is 29.8 Å². The second-order valence-corrected chi connectivity index (χ2v) is 5.30. The Labute approximate surface area is 126 Å². The highest BCUT2D eigenvalue weighted by atomic mass is 16.5. The summed E-state index contributed by atoms with van der Waals surface area (Å²) in [5.74, 6) is 1.49. The van der Waals surface area contributed by atoms with Crippen LogP contribution in [0.1, 0.15) is 29.7 Å². The maximum absolute atomic E-state index is 5.37. The van der Waals surface area contributed by atoms with E-state index in [9.17, 15) is 0 Å². The summed E-state index contributed by atoms with van der Waals surface area (Å²) < 4.78 is 10.7. The summed E-state index contributed by atoms with van der Waals surface area (Å²) in [6.07, 6.45) is 0. The maximum Gasteiger partial charge on any atom is 0.162 e. The van der Waals surface area contributed by atoms with Crippen LogP contribution in [0.3, 0.4) is 0 Å². The molecule has 0 spiro atoms. The first-order valence-electron chi connectivity index (χ1n) is 7.11. The standard InChI is InChI=1S/C18H23NO2/c1-12-6-8-15(9-7-12)14(3)19-16-11-18(21-5)17(20-4)10-13(16)2/h6-11,14,19H,1-5H3. The third-order valence-electron chi connectivity index (χ3n) is 3.68. The highest BCUT2D eigenvalue weighted by molar-refractivity contribution is 5.61. The molecule has 1 N–H and O–H groups in total. The average molecular weight is 285 g/mol. The molecule has 1 unspecified atom stereocenters. The molecule has 0 fully saturated rings. The molecule has 2 aromatic carbocycles. The molecule has 112 valence electrons. The van der Waals surface area contributed by atoms with Crippen LogP contribution in [0.25, 0.3) is 0 Å². The summed E-state index contributed by atoms with van der Waals surface area (Å²) >= 11 is 0. The van der Waals surface area contributed by atoms with Crippen molar-refractivity contribution in [1.29, 1.82) is 0 Å². The van der Waals surface area contributed by atoms with Crippen LogP contribution in [-0.4, -0.2) is 14.2 Å². The number of aryl methyl sites for hydroxylation is 2. The molecule has 2 rings (SSSR count). The summed E-state index contributed by atoms with van der Waals surface area (Å²) in [6, 6.07) is 12.8. The summed E-state index contributed by atoms with van der Waals surface area (Å²) in [4.78, 5) is 0. The van der Waals surface area contributed by atoms with Gasteiger partial charge in [0.05, 0.1) is 14.2 Å². The van der Waals surface area contributed by atoms with Crippen molar-refractivity contribution < 1.29 is 9.47 Å². The molecule has 0 saturated heterocycles. The molecule has 0 amide bonds. The topological polar surface area (TPSA) is 30.5 Å². The zero-order valence-corrected chi connectivity index (χ0v) is 13.4. The molecule has 0 aliphatic rings. The molecule has 0 aliphatic carbocycles. The molecule has 0 radical (unpaired) electrons. The fourth-order valence-corrected chi connectivity index (χ4v) is 2.31. The van der Waals surface area contributed by atoms with Gasteiger partial charge in [0.15, 0.2) is 11.5 Å². The van der Waals surface area contributed by atoms with Crippen molar-refractivity contribution in [3.05, 3.63) is 53.1 Å². The molecular weight excluding hydrogens is 262 g/mol. The number of anilines is 1. The SMILES string of the molecule is COc1cc(C)c(NC(C)c2ccc(C)cc2)cc1OC. The highest BCUT2D eigenvalue weighted by Gasteiger charge is 2.11. The summed E-state index contributed by atoms with van der Waals surface area (Å²) in [5, 5.41) is 3.54. The fourth-order valence-electron chi connectivity index (χ4n) is 2.31. The van der Waals surface area contributed by atoms with E-state index in [1.165, 1.54) is 11.1 Å². The van der Waals surface area contributed by atoms with Gasteiger partial charge in [0.1, 0.15) is 0 Å². The van der Waals surface area contributed by atoms with Gasteiger partial charge < -0.3 is 14.8 Å². The van der Waals surface area contributed by atoms with Gasteiger partial charge in [0, 0.05) is 17.8 Å². The van der Waals surface area contributed by atoms with Crippen molar-refractivity contribution in [2.24, 2.45) is 0 Å². The number of methoxy groups -OCH3 is 2. The highest BCUT2D eigenvalue weighted by Crippen LogP contribution is 2.34. The lowest BCUT2D eigenvalue weighted by Gasteiger charge is -2.19. The van der Waals surface area contributed by atoms with Gasteiger partial charge in [0.2, 0.25) is 0 Å². The van der Waals surface area contributed by atoms with Gasteiger partial charge >= 0.3 is 0 Å². The number of benzene rings is 2. The Morgan fingerprint density at radius 3 is 2.05 bits per heavy atom. The number of nitrogens with one attached hydrogen (secondary N) is 1. The van der Waals surface area contributed by atoms with Crippen LogP contribution in [0.15, 0.2) is 36.4 Å². The van der Waals surface area contributed by atoms with E-state index in [2.05, 4.69) is 50.4 Å². The first kappa shape index (κ1) is 15.2. The lowest BCUT2D eigenvalue weighted by Crippen LogP contribution is -2.08. The Balaban J connectivity index is 2.24. The molecule has 2 aromatic rings. The summed E-state index contributed by atoms with van der Waals surface area (Å²) in [5.41, 5.74) is 4.72. The van der Waals surface area contributed by atoms with E-state index in [0.29, 0.717) is 0 Å². The molecule has 3 nitrogen and oxygen atoms in total. The quantitative estimate of drug-likeness (QED) is 0.877. The number of hydrogen-bond donors (Lipinski definition) is 1. The minimum absolute atomic E-state index is 0.224. The zero-order chi connectivity index (χ0) is 15.4. The van der Waals surface area contributed by atoms with Crippen molar-refractivity contribution in [3.8, 4) is 11.5 Å². The maximum atomic E-state index is 5.37. The van der Waals surface area contributed by atoms with Crippen LogP contribution >= 0.6 is 0 Å². The van der Waals surface area contributed by atoms with E-state index in [-0.39, 0.29) is 6.04 Å². The molecule has 0 saturated carbocycles. The molecule has 0 aromatic heterocycles. The van der Waals surface area contributed by atoms with Crippen LogP contribution in [-0.2, 0) is 0 Å². The van der Waals surface area contributed by atoms with E-state index < -0.39 is 0 Å². The Morgan fingerprint density at radius 2 is 1.48 bits per heavy atom. The van der Waals surface area contributed by atoms with E-state index in [1.807, 2.05) is 12.1 Å². The van der Waals surface area contributed by atoms with E-state index in [4.69, 9.17) is 9.47 Å². The largest absolute Gasteiger partial charge is 0.493 e. The molecular formula is C18H23NO2. The molecule has 0 aliphatic heterocycles. The number of ether oxygens (including phenoxy) is 2. The molecule has 21 heavy (non-hydrogen) atoms. The van der Waals surface area contributed by atoms with E-state index >= 15 is 0 Å². The predicted octanol–water partition coefficient (Wildman–Crippen LogP) is 4.49. The van der Waals surface area contributed by atoms with Crippen molar-refractivity contribution in [3.63, 3.8) is 0 Å². The van der Waals surface area contributed by atoms with Crippen molar-refractivity contribution in [1.82, 2.24) is 0 Å². The van der Waals surface area contributed by atoms with E-state index in [0.717, 1.165) is 22.7 Å². The Hall–Kier alpha value is -2.16. The van der Waals surface area contributed by atoms with Crippen molar-refractivity contribution in [2.75, 3.05) is 19.5 Å². The normalized spacial score (nSPS) is 11.9. The van der Waals surface area contributed by atoms with Crippen molar-refractivity contribution in [2.45, 2.75) is 26.8 Å². The van der Waals surface area contributed by atoms with Crippen LogP contribution in [0.5, 0.6) is 11.5 Å². The van der Waals surface area contributed by atoms with Gasteiger partial charge in [-0.05, 0) is 38.0 Å². The van der Waals surface area contributed by atoms with Crippen molar-refractivity contribution >= 4 is 5.69 Å². The third kappa shape index (κ3) is 3.48. The zero-order valence-electron chi connectivity index (χ0n) is 13.4. The lowest BCUT2D eigenvalue weighted by molar-refractivity contribution is 0.355. The Bertz CT molecular complexity index is 605. The third-order valence-corrected chi connectivity index (χ3v) is 3.68. The Kier molecular flexibility index (Phi) is 4.73. The average Bonchev–Trinajstić information content (AvgIpc) is 2.49. The van der Waals surface area contributed by atoms with Gasteiger partial charge in [-0.15, -0.1) is 0 Å². The summed E-state index contributed by atoms with van der Waals surface area (Å²) in [7, 11) is 3.31. The Morgan fingerprint density at radius 1 is 0.905 bits per heavy atom. The van der Waals surface area contributed by atoms with Crippen LogP contribution in [0.2, 0.25) is 0 Å². The molecule has 0 heterocycles. The van der Waals surface area contributed by atoms with Gasteiger partial charge in [0.25, 0.3) is 0 Å². The summed E-state index contributed by atoms with van der Waals surface area (Å²) in [6.45, 7) is 6.31. The molecule has 1 atom stereocenters. The smallest absolute Gasteiger partial charge is 0.162 e. The van der Waals surface area contributed by atoms with Crippen LogP contribution in [0, 0.1) is 13.8 Å². The number of rotatable bonds is 5. The van der Waals surface area contributed by atoms with Crippen LogP contribution < -0.4 is 14.8 Å². The first-order valence-corrected chi connectivity index (χ1v) is 7.11. The molecule has 0 bridgehead atoms. The van der Waals surface area contributed by atoms with Gasteiger partial charge in [-0.3, -0.25) is 0 Å². The first-order chi connectivity index (χ1) is 10.0. The predicted molar refractivity (Wildman–Crippen MR) is 87.5 cm³/mol. The van der Waals surface area contributed by atoms with Gasteiger partial charge in [-0.2, -0.15) is 0 Å². The monoisotopic (exact) mass is 285 g/mol. The lowest BCUT2D eigenvalue weighted by atomic mass is 10.1. The minimum Gasteiger partial charge on any atom is -0.493 e. The molecule has 3 heteroatoms. The second-order valence-electron chi connectivity index (χ2n) is 5.30.